The van der Waals surface area contributed by atoms with Gasteiger partial charge in [-0.25, -0.2) is 0 Å². The van der Waals surface area contributed by atoms with Gasteiger partial charge in [-0.1, -0.05) is 38.5 Å². The molecule has 0 amide bonds. The Morgan fingerprint density at radius 2 is 1.93 bits per heavy atom. The molecule has 1 aliphatic heterocycles. The largest absolute Gasteiger partial charge is 0.493 e. The van der Waals surface area contributed by atoms with Crippen molar-refractivity contribution in [2.45, 2.75) is 65.2 Å². The molecule has 0 fully saturated rings. The highest BCUT2D eigenvalue weighted by molar-refractivity contribution is 6.09. The molecule has 2 aliphatic rings. The summed E-state index contributed by atoms with van der Waals surface area (Å²) in [6.45, 7) is 6.96. The lowest BCUT2D eigenvalue weighted by molar-refractivity contribution is -0.146. The molecule has 29 heavy (non-hydrogen) atoms. The molecule has 0 saturated heterocycles. The van der Waals surface area contributed by atoms with Crippen LogP contribution >= 0.6 is 0 Å². The number of rotatable bonds is 8. The van der Waals surface area contributed by atoms with Crippen LogP contribution in [0.3, 0.4) is 0 Å². The summed E-state index contributed by atoms with van der Waals surface area (Å²) in [7, 11) is 0. The molecule has 0 bridgehead atoms. The van der Waals surface area contributed by atoms with Crippen molar-refractivity contribution in [1.29, 1.82) is 0 Å². The van der Waals surface area contributed by atoms with Gasteiger partial charge in [-0.05, 0) is 38.7 Å². The van der Waals surface area contributed by atoms with Crippen molar-refractivity contribution in [2.75, 3.05) is 13.2 Å². The number of allylic oxidation sites excluding steroid dienone is 2. The van der Waals surface area contributed by atoms with Crippen molar-refractivity contribution in [3.8, 4) is 5.75 Å². The Bertz CT molecular complexity index is 824. The smallest absolute Gasteiger partial charge is 0.315 e. The van der Waals surface area contributed by atoms with Crippen molar-refractivity contribution in [3.05, 3.63) is 41.1 Å². The Balaban J connectivity index is 2.07. The van der Waals surface area contributed by atoms with E-state index < -0.39 is 11.8 Å². The number of ether oxygens (including phenoxy) is 2. The highest BCUT2D eigenvalue weighted by atomic mass is 16.5. The maximum Gasteiger partial charge on any atom is 0.315 e. The molecule has 0 saturated carbocycles. The van der Waals surface area contributed by atoms with Crippen LogP contribution < -0.4 is 4.74 Å². The van der Waals surface area contributed by atoms with Crippen LogP contribution in [0.2, 0.25) is 0 Å². The van der Waals surface area contributed by atoms with Crippen molar-refractivity contribution in [1.82, 2.24) is 0 Å². The topological polar surface area (TPSA) is 65.0 Å². The SMILES string of the molecule is CCCCOC(=O)C1C(C)=NC2=C(C(=O)CCC2)[C@H]1c1ccccc1OCCC. The summed E-state index contributed by atoms with van der Waals surface area (Å²) in [5.74, 6) is -0.494. The second-order valence-corrected chi connectivity index (χ2v) is 7.75. The second-order valence-electron chi connectivity index (χ2n) is 7.75. The average molecular weight is 398 g/mol. The molecular formula is C24H31NO4. The third kappa shape index (κ3) is 4.60. The number of benzene rings is 1. The lowest BCUT2D eigenvalue weighted by atomic mass is 9.71. The molecule has 5 heteroatoms. The van der Waals surface area contributed by atoms with Gasteiger partial charge in [-0.3, -0.25) is 14.6 Å². The molecule has 3 rings (SSSR count). The first-order chi connectivity index (χ1) is 14.1. The normalized spacial score (nSPS) is 21.5. The van der Waals surface area contributed by atoms with E-state index in [0.717, 1.165) is 54.8 Å². The van der Waals surface area contributed by atoms with Gasteiger partial charge < -0.3 is 9.47 Å². The summed E-state index contributed by atoms with van der Waals surface area (Å²) < 4.78 is 11.6. The molecule has 0 N–H and O–H groups in total. The monoisotopic (exact) mass is 397 g/mol. The quantitative estimate of drug-likeness (QED) is 0.457. The first-order valence-electron chi connectivity index (χ1n) is 10.8. The van der Waals surface area contributed by atoms with Gasteiger partial charge >= 0.3 is 5.97 Å². The van der Waals surface area contributed by atoms with Gasteiger partial charge in [-0.15, -0.1) is 0 Å². The Morgan fingerprint density at radius 3 is 2.69 bits per heavy atom. The summed E-state index contributed by atoms with van der Waals surface area (Å²) in [5.41, 5.74) is 3.09. The summed E-state index contributed by atoms with van der Waals surface area (Å²) in [6, 6.07) is 7.74. The van der Waals surface area contributed by atoms with Gasteiger partial charge in [0.15, 0.2) is 5.78 Å². The van der Waals surface area contributed by atoms with Gasteiger partial charge in [0.2, 0.25) is 0 Å². The number of para-hydroxylation sites is 1. The molecule has 0 radical (unpaired) electrons. The van der Waals surface area contributed by atoms with E-state index in [4.69, 9.17) is 9.47 Å². The van der Waals surface area contributed by atoms with Crippen LogP contribution in [0, 0.1) is 5.92 Å². The van der Waals surface area contributed by atoms with Crippen LogP contribution in [0.25, 0.3) is 0 Å². The van der Waals surface area contributed by atoms with E-state index in [2.05, 4.69) is 18.8 Å². The van der Waals surface area contributed by atoms with Crippen LogP contribution in [-0.4, -0.2) is 30.7 Å². The molecular weight excluding hydrogens is 366 g/mol. The predicted octanol–water partition coefficient (Wildman–Crippen LogP) is 5.00. The molecule has 156 valence electrons. The summed E-state index contributed by atoms with van der Waals surface area (Å²) in [4.78, 5) is 30.7. The molecule has 1 aliphatic carbocycles. The average Bonchev–Trinajstić information content (AvgIpc) is 2.71. The van der Waals surface area contributed by atoms with Crippen LogP contribution in [0.15, 0.2) is 40.5 Å². The first kappa shape index (κ1) is 21.3. The zero-order valence-electron chi connectivity index (χ0n) is 17.7. The fraction of sp³-hybridized carbons (Fsp3) is 0.542. The van der Waals surface area contributed by atoms with Gasteiger partial charge in [-0.2, -0.15) is 0 Å². The minimum Gasteiger partial charge on any atom is -0.493 e. The molecule has 1 aromatic rings. The Labute approximate surface area is 173 Å². The number of unbranched alkanes of at least 4 members (excludes halogenated alkanes) is 1. The second kappa shape index (κ2) is 9.86. The van der Waals surface area contributed by atoms with Crippen molar-refractivity contribution < 1.29 is 19.1 Å². The van der Waals surface area contributed by atoms with E-state index in [9.17, 15) is 9.59 Å². The van der Waals surface area contributed by atoms with Crippen LogP contribution in [-0.2, 0) is 14.3 Å². The Kier molecular flexibility index (Phi) is 7.24. The minimum atomic E-state index is -0.598. The van der Waals surface area contributed by atoms with Crippen LogP contribution in [0.1, 0.15) is 70.8 Å². The summed E-state index contributed by atoms with van der Waals surface area (Å²) >= 11 is 0. The van der Waals surface area contributed by atoms with Gasteiger partial charge in [0.25, 0.3) is 0 Å². The summed E-state index contributed by atoms with van der Waals surface area (Å²) in [6.07, 6.45) is 4.73. The number of Topliss-reactive ketones (excluding diaryl/α,β-unsaturated/α-hetero) is 1. The van der Waals surface area contributed by atoms with Gasteiger partial charge in [0.1, 0.15) is 11.7 Å². The van der Waals surface area contributed by atoms with Crippen molar-refractivity contribution >= 4 is 17.5 Å². The highest BCUT2D eigenvalue weighted by Gasteiger charge is 2.44. The number of ketones is 1. The maximum absolute atomic E-state index is 13.1. The number of hydrogen-bond acceptors (Lipinski definition) is 5. The summed E-state index contributed by atoms with van der Waals surface area (Å²) in [5, 5.41) is 0. The molecule has 1 aromatic carbocycles. The zero-order chi connectivity index (χ0) is 20.8. The molecule has 2 atom stereocenters. The van der Waals surface area contributed by atoms with E-state index in [1.807, 2.05) is 31.2 Å². The number of hydrogen-bond donors (Lipinski definition) is 0. The highest BCUT2D eigenvalue weighted by Crippen LogP contribution is 2.46. The lowest BCUT2D eigenvalue weighted by Crippen LogP contribution is -2.37. The minimum absolute atomic E-state index is 0.0872. The van der Waals surface area contributed by atoms with E-state index in [0.29, 0.717) is 25.2 Å². The molecule has 1 unspecified atom stereocenters. The van der Waals surface area contributed by atoms with E-state index in [1.54, 1.807) is 0 Å². The number of nitrogens with zero attached hydrogens (tertiary/aromatic N) is 1. The first-order valence-corrected chi connectivity index (χ1v) is 10.8. The van der Waals surface area contributed by atoms with Gasteiger partial charge in [0.05, 0.1) is 13.2 Å². The number of aliphatic imine (C=N–C) groups is 1. The van der Waals surface area contributed by atoms with Crippen LogP contribution in [0.4, 0.5) is 0 Å². The third-order valence-electron chi connectivity index (χ3n) is 5.55. The fourth-order valence-electron chi connectivity index (χ4n) is 4.14. The van der Waals surface area contributed by atoms with E-state index >= 15 is 0 Å². The van der Waals surface area contributed by atoms with E-state index in [-0.39, 0.29) is 11.8 Å². The lowest BCUT2D eigenvalue weighted by Gasteiger charge is -2.35. The predicted molar refractivity (Wildman–Crippen MR) is 113 cm³/mol. The maximum atomic E-state index is 13.1. The van der Waals surface area contributed by atoms with Crippen LogP contribution in [0.5, 0.6) is 5.75 Å². The Hall–Kier alpha value is -2.43. The van der Waals surface area contributed by atoms with E-state index in [1.165, 1.54) is 0 Å². The number of carbonyl (C=O) groups is 2. The molecule has 1 heterocycles. The third-order valence-corrected chi connectivity index (χ3v) is 5.55. The van der Waals surface area contributed by atoms with Crippen molar-refractivity contribution in [3.63, 3.8) is 0 Å². The zero-order valence-corrected chi connectivity index (χ0v) is 17.7. The van der Waals surface area contributed by atoms with Gasteiger partial charge in [0, 0.05) is 34.9 Å². The number of esters is 1. The Morgan fingerprint density at radius 1 is 1.14 bits per heavy atom. The van der Waals surface area contributed by atoms with Crippen molar-refractivity contribution in [2.24, 2.45) is 10.9 Å². The molecule has 0 spiro atoms. The molecule has 5 nitrogen and oxygen atoms in total. The standard InChI is InChI=1S/C24H31NO4/c1-4-6-15-29-24(27)21-16(3)25-18-11-9-12-19(26)23(18)22(21)17-10-7-8-13-20(17)28-14-5-2/h7-8,10,13,21-22H,4-6,9,11-12,14-15H2,1-3H3/t21?,22-/m0/s1. The number of carbonyl (C=O) groups excluding carboxylic acids is 2. The molecule has 0 aromatic heterocycles. The fourth-order valence-corrected chi connectivity index (χ4v) is 4.14.